The van der Waals surface area contributed by atoms with E-state index in [0.29, 0.717) is 23.3 Å². The maximum Gasteiger partial charge on any atom is 0.317 e. The van der Waals surface area contributed by atoms with E-state index < -0.39 is 5.97 Å². The fraction of sp³-hybridized carbons (Fsp3) is 0.944. The number of alkyl halides is 1. The Balaban J connectivity index is 1.73. The smallest absolute Gasteiger partial charge is 0.317 e. The van der Waals surface area contributed by atoms with Gasteiger partial charge in [-0.3, -0.25) is 15.0 Å². The van der Waals surface area contributed by atoms with E-state index in [2.05, 4.69) is 5.32 Å². The monoisotopic (exact) mass is 342 g/mol. The van der Waals surface area contributed by atoms with Crippen molar-refractivity contribution < 1.29 is 9.90 Å². The molecule has 3 rings (SSSR count). The summed E-state index contributed by atoms with van der Waals surface area (Å²) < 4.78 is 0. The molecule has 2 aliphatic carbocycles. The van der Waals surface area contributed by atoms with Crippen molar-refractivity contribution in [2.24, 2.45) is 17.8 Å². The van der Waals surface area contributed by atoms with E-state index in [0.717, 1.165) is 31.6 Å². The molecule has 4 nitrogen and oxygen atoms in total. The molecule has 0 spiro atoms. The first-order valence-corrected chi connectivity index (χ1v) is 9.80. The second kappa shape index (κ2) is 7.71. The Bertz CT molecular complexity index is 414. The lowest BCUT2D eigenvalue weighted by atomic mass is 9.64. The lowest BCUT2D eigenvalue weighted by molar-refractivity contribution is -0.139. The van der Waals surface area contributed by atoms with Crippen LogP contribution in [-0.2, 0) is 4.79 Å². The first kappa shape index (κ1) is 17.5. The van der Waals surface area contributed by atoms with Gasteiger partial charge in [0.05, 0.1) is 12.7 Å². The Hall–Kier alpha value is -0.320. The Morgan fingerprint density at radius 2 is 1.87 bits per heavy atom. The average molecular weight is 343 g/mol. The number of hydrogen-bond acceptors (Lipinski definition) is 3. The van der Waals surface area contributed by atoms with E-state index in [-0.39, 0.29) is 12.7 Å². The molecule has 0 aromatic carbocycles. The van der Waals surface area contributed by atoms with Gasteiger partial charge in [-0.05, 0) is 50.5 Å². The van der Waals surface area contributed by atoms with Gasteiger partial charge in [0.25, 0.3) is 0 Å². The zero-order valence-corrected chi connectivity index (χ0v) is 15.0. The van der Waals surface area contributed by atoms with Gasteiger partial charge in [-0.2, -0.15) is 0 Å². The topological polar surface area (TPSA) is 52.6 Å². The van der Waals surface area contributed by atoms with E-state index >= 15 is 0 Å². The van der Waals surface area contributed by atoms with Crippen LogP contribution in [0.3, 0.4) is 0 Å². The summed E-state index contributed by atoms with van der Waals surface area (Å²) in [6.45, 7) is 0.116. The third kappa shape index (κ3) is 4.21. The Morgan fingerprint density at radius 3 is 2.57 bits per heavy atom. The van der Waals surface area contributed by atoms with Crippen molar-refractivity contribution in [3.63, 3.8) is 0 Å². The third-order valence-electron chi connectivity index (χ3n) is 6.46. The van der Waals surface area contributed by atoms with Crippen LogP contribution in [0.4, 0.5) is 0 Å². The number of aliphatic carboxylic acids is 1. The number of likely N-dealkylation sites (N-methyl/N-ethyl adjacent to an activating group) is 1. The number of hydrogen-bond donors (Lipinski definition) is 2. The summed E-state index contributed by atoms with van der Waals surface area (Å²) in [4.78, 5) is 13.1. The quantitative estimate of drug-likeness (QED) is 0.770. The van der Waals surface area contributed by atoms with Crippen LogP contribution in [0.15, 0.2) is 0 Å². The maximum absolute atomic E-state index is 11.1. The van der Waals surface area contributed by atoms with E-state index in [1.54, 1.807) is 0 Å². The molecule has 3 aliphatic rings. The summed E-state index contributed by atoms with van der Waals surface area (Å²) in [5.74, 6) is 1.48. The average Bonchev–Trinajstić information content (AvgIpc) is 2.54. The van der Waals surface area contributed by atoms with Crippen LogP contribution in [-0.4, -0.2) is 47.2 Å². The van der Waals surface area contributed by atoms with Gasteiger partial charge in [-0.15, -0.1) is 11.6 Å². The van der Waals surface area contributed by atoms with Crippen LogP contribution in [0.1, 0.15) is 57.8 Å². The van der Waals surface area contributed by atoms with Crippen molar-refractivity contribution >= 4 is 17.6 Å². The zero-order chi connectivity index (χ0) is 16.4. The first-order chi connectivity index (χ1) is 11.0. The van der Waals surface area contributed by atoms with E-state index in [1.165, 1.54) is 32.1 Å². The minimum Gasteiger partial charge on any atom is -0.480 e. The highest BCUT2D eigenvalue weighted by Gasteiger charge is 2.44. The van der Waals surface area contributed by atoms with Gasteiger partial charge >= 0.3 is 5.97 Å². The molecule has 5 heteroatoms. The van der Waals surface area contributed by atoms with Crippen LogP contribution in [0.5, 0.6) is 0 Å². The highest BCUT2D eigenvalue weighted by Crippen LogP contribution is 2.45. The van der Waals surface area contributed by atoms with Crippen molar-refractivity contribution in [2.75, 3.05) is 13.6 Å². The number of nitrogens with zero attached hydrogens (tertiary/aromatic N) is 1. The Labute approximate surface area is 144 Å². The fourth-order valence-corrected chi connectivity index (χ4v) is 5.65. The van der Waals surface area contributed by atoms with Crippen molar-refractivity contribution in [1.82, 2.24) is 10.2 Å². The van der Waals surface area contributed by atoms with Crippen molar-refractivity contribution in [3.05, 3.63) is 0 Å². The van der Waals surface area contributed by atoms with Crippen LogP contribution in [0, 0.1) is 17.8 Å². The normalized spacial score (nSPS) is 39.2. The SMILES string of the molecule is CN(CC(=O)O)C1CC(C2CCCCC2)C2CC(Cl)CCC2N1. The molecular formula is C18H31ClN2O2. The van der Waals surface area contributed by atoms with Crippen LogP contribution >= 0.6 is 11.6 Å². The molecule has 1 aliphatic heterocycles. The number of fused-ring (bicyclic) bond motifs is 1. The minimum absolute atomic E-state index is 0.116. The lowest BCUT2D eigenvalue weighted by Crippen LogP contribution is -2.60. The minimum atomic E-state index is -0.741. The van der Waals surface area contributed by atoms with Gasteiger partial charge in [-0.25, -0.2) is 0 Å². The summed E-state index contributed by atoms with van der Waals surface area (Å²) in [7, 11) is 1.94. The van der Waals surface area contributed by atoms with E-state index in [9.17, 15) is 4.79 Å². The second-order valence-electron chi connectivity index (χ2n) is 7.97. The maximum atomic E-state index is 11.1. The number of nitrogens with one attached hydrogen (secondary N) is 1. The number of piperidine rings is 1. The van der Waals surface area contributed by atoms with E-state index in [1.807, 2.05) is 11.9 Å². The van der Waals surface area contributed by atoms with Gasteiger partial charge in [0.15, 0.2) is 0 Å². The summed E-state index contributed by atoms with van der Waals surface area (Å²) >= 11 is 6.49. The van der Waals surface area contributed by atoms with Gasteiger partial charge in [0.2, 0.25) is 0 Å². The summed E-state index contributed by atoms with van der Waals surface area (Å²) in [6.07, 6.45) is 11.5. The first-order valence-electron chi connectivity index (χ1n) is 9.36. The molecule has 0 aromatic rings. The van der Waals surface area contributed by atoms with Crippen LogP contribution in [0.25, 0.3) is 0 Å². The third-order valence-corrected chi connectivity index (χ3v) is 6.86. The van der Waals surface area contributed by atoms with Gasteiger partial charge < -0.3 is 5.11 Å². The molecule has 0 aromatic heterocycles. The van der Waals surface area contributed by atoms with E-state index in [4.69, 9.17) is 16.7 Å². The summed E-state index contributed by atoms with van der Waals surface area (Å²) in [5.41, 5.74) is 0. The van der Waals surface area contributed by atoms with Gasteiger partial charge in [0.1, 0.15) is 0 Å². The van der Waals surface area contributed by atoms with Gasteiger partial charge in [-0.1, -0.05) is 32.1 Å². The molecule has 23 heavy (non-hydrogen) atoms. The molecule has 2 N–H and O–H groups in total. The molecule has 0 bridgehead atoms. The Morgan fingerprint density at radius 1 is 1.13 bits per heavy atom. The number of carboxylic acids is 1. The molecule has 0 radical (unpaired) electrons. The molecule has 1 saturated heterocycles. The zero-order valence-electron chi connectivity index (χ0n) is 14.2. The highest BCUT2D eigenvalue weighted by molar-refractivity contribution is 6.20. The highest BCUT2D eigenvalue weighted by atomic mass is 35.5. The second-order valence-corrected chi connectivity index (χ2v) is 8.59. The molecule has 3 fully saturated rings. The summed E-state index contributed by atoms with van der Waals surface area (Å²) in [6, 6.07) is 0.520. The number of carboxylic acid groups (broad SMARTS) is 1. The number of rotatable bonds is 4. The van der Waals surface area contributed by atoms with Crippen molar-refractivity contribution in [1.29, 1.82) is 0 Å². The largest absolute Gasteiger partial charge is 0.480 e. The summed E-state index contributed by atoms with van der Waals surface area (Å²) in [5, 5.41) is 13.2. The fourth-order valence-electron chi connectivity index (χ4n) is 5.31. The lowest BCUT2D eigenvalue weighted by Gasteiger charge is -2.51. The predicted molar refractivity (Wildman–Crippen MR) is 92.6 cm³/mol. The molecule has 132 valence electrons. The molecule has 0 amide bonds. The molecule has 5 unspecified atom stereocenters. The van der Waals surface area contributed by atoms with Gasteiger partial charge in [0, 0.05) is 11.4 Å². The number of carbonyl (C=O) groups is 1. The van der Waals surface area contributed by atoms with Crippen LogP contribution in [0.2, 0.25) is 0 Å². The molecular weight excluding hydrogens is 312 g/mol. The number of halogens is 1. The van der Waals surface area contributed by atoms with Crippen molar-refractivity contribution in [3.8, 4) is 0 Å². The Kier molecular flexibility index (Phi) is 5.87. The predicted octanol–water partition coefficient (Wildman–Crippen LogP) is 3.29. The standard InChI is InChI=1S/C18H31ClN2O2/c1-21(11-18(22)23)17-10-14(12-5-3-2-4-6-12)15-9-13(19)7-8-16(15)20-17/h12-17,20H,2-11H2,1H3,(H,22,23). The van der Waals surface area contributed by atoms with Crippen molar-refractivity contribution in [2.45, 2.75) is 75.4 Å². The molecule has 5 atom stereocenters. The molecule has 1 heterocycles. The van der Waals surface area contributed by atoms with Crippen LogP contribution < -0.4 is 5.32 Å². The molecule has 2 saturated carbocycles.